The number of hydrogen-bond donors (Lipinski definition) is 1. The Labute approximate surface area is 85.2 Å². The highest BCUT2D eigenvalue weighted by molar-refractivity contribution is 7.80. The van der Waals surface area contributed by atoms with Crippen molar-refractivity contribution in [3.8, 4) is 0 Å². The van der Waals surface area contributed by atoms with Gasteiger partial charge in [-0.3, -0.25) is 0 Å². The Bertz CT molecular complexity index is 249. The van der Waals surface area contributed by atoms with Crippen LogP contribution in [0.5, 0.6) is 0 Å². The van der Waals surface area contributed by atoms with Crippen LogP contribution >= 0.6 is 12.6 Å². The highest BCUT2D eigenvalue weighted by Crippen LogP contribution is 2.10. The second-order valence-electron chi connectivity index (χ2n) is 3.22. The lowest BCUT2D eigenvalue weighted by Crippen LogP contribution is -1.84. The molecule has 0 unspecified atom stereocenters. The molecule has 0 aromatic carbocycles. The molecule has 2 heteroatoms. The summed E-state index contributed by atoms with van der Waals surface area (Å²) >= 11 is 4.15. The number of thiol groups is 1. The fourth-order valence-electron chi connectivity index (χ4n) is 1.26. The molecule has 0 atom stereocenters. The minimum absolute atomic E-state index is 0.845. The molecule has 1 aromatic heterocycles. The van der Waals surface area contributed by atoms with Gasteiger partial charge in [0.2, 0.25) is 0 Å². The first-order chi connectivity index (χ1) is 6.33. The molecule has 0 saturated heterocycles. The summed E-state index contributed by atoms with van der Waals surface area (Å²) in [5, 5.41) is 0. The van der Waals surface area contributed by atoms with E-state index in [4.69, 9.17) is 4.42 Å². The highest BCUT2D eigenvalue weighted by Gasteiger charge is 1.94. The molecule has 0 aliphatic heterocycles. The molecule has 1 nitrogen and oxygen atoms in total. The van der Waals surface area contributed by atoms with Crippen molar-refractivity contribution in [3.05, 3.63) is 35.8 Å². The SMILES string of the molecule is CC(=CCS)CCCc1ccoc1. The van der Waals surface area contributed by atoms with Crippen LogP contribution < -0.4 is 0 Å². The third kappa shape index (κ3) is 4.23. The normalized spacial score (nSPS) is 12.0. The third-order valence-electron chi connectivity index (χ3n) is 2.06. The maximum atomic E-state index is 4.99. The number of allylic oxidation sites excluding steroid dienone is 1. The second kappa shape index (κ2) is 5.92. The molecule has 13 heavy (non-hydrogen) atoms. The second-order valence-corrected chi connectivity index (χ2v) is 3.58. The molecule has 0 aliphatic rings. The molecule has 0 saturated carbocycles. The molecule has 0 radical (unpaired) electrons. The monoisotopic (exact) mass is 196 g/mol. The fourth-order valence-corrected chi connectivity index (χ4v) is 1.58. The van der Waals surface area contributed by atoms with Gasteiger partial charge < -0.3 is 4.42 Å². The number of furan rings is 1. The Kier molecular flexibility index (Phi) is 4.76. The van der Waals surface area contributed by atoms with Crippen LogP contribution in [0.4, 0.5) is 0 Å². The number of aryl methyl sites for hydroxylation is 1. The van der Waals surface area contributed by atoms with E-state index in [1.54, 1.807) is 6.26 Å². The van der Waals surface area contributed by atoms with Gasteiger partial charge in [-0.15, -0.1) is 0 Å². The Hall–Kier alpha value is -0.630. The predicted molar refractivity (Wildman–Crippen MR) is 59.3 cm³/mol. The van der Waals surface area contributed by atoms with Gasteiger partial charge >= 0.3 is 0 Å². The molecule has 0 aliphatic carbocycles. The maximum absolute atomic E-state index is 4.99. The topological polar surface area (TPSA) is 13.1 Å². The quantitative estimate of drug-likeness (QED) is 0.562. The highest BCUT2D eigenvalue weighted by atomic mass is 32.1. The average molecular weight is 196 g/mol. The van der Waals surface area contributed by atoms with Crippen molar-refractivity contribution in [2.45, 2.75) is 26.2 Å². The van der Waals surface area contributed by atoms with Gasteiger partial charge in [0.25, 0.3) is 0 Å². The van der Waals surface area contributed by atoms with E-state index in [1.807, 2.05) is 12.3 Å². The van der Waals surface area contributed by atoms with Crippen molar-refractivity contribution >= 4 is 12.6 Å². The van der Waals surface area contributed by atoms with Crippen LogP contribution in [0.15, 0.2) is 34.7 Å². The summed E-state index contributed by atoms with van der Waals surface area (Å²) in [5.74, 6) is 0.845. The maximum Gasteiger partial charge on any atom is 0.0934 e. The van der Waals surface area contributed by atoms with Gasteiger partial charge in [-0.1, -0.05) is 11.6 Å². The lowest BCUT2D eigenvalue weighted by Gasteiger charge is -1.99. The van der Waals surface area contributed by atoms with Crippen LogP contribution in [0.3, 0.4) is 0 Å². The first-order valence-electron chi connectivity index (χ1n) is 4.60. The van der Waals surface area contributed by atoms with Crippen LogP contribution in [-0.2, 0) is 6.42 Å². The van der Waals surface area contributed by atoms with Crippen molar-refractivity contribution in [1.29, 1.82) is 0 Å². The van der Waals surface area contributed by atoms with E-state index in [1.165, 1.54) is 17.6 Å². The predicted octanol–water partition coefficient (Wildman–Crippen LogP) is 3.48. The largest absolute Gasteiger partial charge is 0.472 e. The number of hydrogen-bond acceptors (Lipinski definition) is 2. The van der Waals surface area contributed by atoms with Gasteiger partial charge in [0.05, 0.1) is 12.5 Å². The fraction of sp³-hybridized carbons (Fsp3) is 0.455. The summed E-state index contributed by atoms with van der Waals surface area (Å²) in [5.41, 5.74) is 2.72. The van der Waals surface area contributed by atoms with Crippen LogP contribution in [-0.4, -0.2) is 5.75 Å². The zero-order chi connectivity index (χ0) is 9.52. The molecule has 0 bridgehead atoms. The molecular weight excluding hydrogens is 180 g/mol. The van der Waals surface area contributed by atoms with E-state index in [0.717, 1.165) is 18.6 Å². The van der Waals surface area contributed by atoms with Crippen molar-refractivity contribution in [3.63, 3.8) is 0 Å². The Balaban J connectivity index is 2.18. The molecule has 0 amide bonds. The summed E-state index contributed by atoms with van der Waals surface area (Å²) in [6.07, 6.45) is 9.16. The molecule has 1 rings (SSSR count). The first-order valence-corrected chi connectivity index (χ1v) is 5.23. The summed E-state index contributed by atoms with van der Waals surface area (Å²) in [7, 11) is 0. The minimum atomic E-state index is 0.845. The molecular formula is C11H16OS. The van der Waals surface area contributed by atoms with E-state index >= 15 is 0 Å². The van der Waals surface area contributed by atoms with Crippen molar-refractivity contribution in [2.24, 2.45) is 0 Å². The molecule has 1 aromatic rings. The van der Waals surface area contributed by atoms with Gasteiger partial charge in [-0.25, -0.2) is 0 Å². The Morgan fingerprint density at radius 2 is 2.46 bits per heavy atom. The van der Waals surface area contributed by atoms with Crippen LogP contribution in [0.25, 0.3) is 0 Å². The number of rotatable bonds is 5. The Morgan fingerprint density at radius 3 is 3.08 bits per heavy atom. The van der Waals surface area contributed by atoms with Crippen LogP contribution in [0, 0.1) is 0 Å². The molecule has 0 spiro atoms. The summed E-state index contributed by atoms with van der Waals surface area (Å²) in [6.45, 7) is 2.16. The Morgan fingerprint density at radius 1 is 1.62 bits per heavy atom. The van der Waals surface area contributed by atoms with E-state index in [-0.39, 0.29) is 0 Å². The standard InChI is InChI=1S/C11H16OS/c1-10(6-8-13)3-2-4-11-5-7-12-9-11/h5-7,9,13H,2-4,8H2,1H3. The first kappa shape index (κ1) is 10.5. The van der Waals surface area contributed by atoms with Crippen molar-refractivity contribution < 1.29 is 4.42 Å². The van der Waals surface area contributed by atoms with Crippen LogP contribution in [0.1, 0.15) is 25.3 Å². The van der Waals surface area contributed by atoms with Gasteiger partial charge in [0.15, 0.2) is 0 Å². The van der Waals surface area contributed by atoms with Crippen molar-refractivity contribution in [1.82, 2.24) is 0 Å². The zero-order valence-electron chi connectivity index (χ0n) is 7.99. The third-order valence-corrected chi connectivity index (χ3v) is 2.24. The van der Waals surface area contributed by atoms with E-state index in [2.05, 4.69) is 25.6 Å². The smallest absolute Gasteiger partial charge is 0.0934 e. The van der Waals surface area contributed by atoms with Gasteiger partial charge in [-0.2, -0.15) is 12.6 Å². The molecule has 0 N–H and O–H groups in total. The lowest BCUT2D eigenvalue weighted by atomic mass is 10.1. The average Bonchev–Trinajstić information content (AvgIpc) is 2.57. The van der Waals surface area contributed by atoms with Crippen molar-refractivity contribution in [2.75, 3.05) is 5.75 Å². The molecule has 0 fully saturated rings. The van der Waals surface area contributed by atoms with E-state index < -0.39 is 0 Å². The summed E-state index contributed by atoms with van der Waals surface area (Å²) < 4.78 is 4.99. The van der Waals surface area contributed by atoms with E-state index in [9.17, 15) is 0 Å². The lowest BCUT2D eigenvalue weighted by molar-refractivity contribution is 0.563. The zero-order valence-corrected chi connectivity index (χ0v) is 8.89. The van der Waals surface area contributed by atoms with Gasteiger partial charge in [0.1, 0.15) is 0 Å². The van der Waals surface area contributed by atoms with Gasteiger partial charge in [-0.05, 0) is 37.8 Å². The molecule has 1 heterocycles. The summed E-state index contributed by atoms with van der Waals surface area (Å²) in [4.78, 5) is 0. The minimum Gasteiger partial charge on any atom is -0.472 e. The summed E-state index contributed by atoms with van der Waals surface area (Å²) in [6, 6.07) is 2.03. The van der Waals surface area contributed by atoms with E-state index in [0.29, 0.717) is 0 Å². The van der Waals surface area contributed by atoms with Crippen LogP contribution in [0.2, 0.25) is 0 Å². The van der Waals surface area contributed by atoms with Gasteiger partial charge in [0, 0.05) is 5.75 Å². The molecule has 72 valence electrons.